The van der Waals surface area contributed by atoms with Crippen molar-refractivity contribution in [3.05, 3.63) is 99.4 Å². The van der Waals surface area contributed by atoms with Crippen LogP contribution in [-0.4, -0.2) is 40.4 Å². The number of nitrogens with one attached hydrogen (secondary N) is 1. The summed E-state index contributed by atoms with van der Waals surface area (Å²) in [5.74, 6) is -1.25. The Hall–Kier alpha value is -4.38. The Balaban J connectivity index is 1.39. The first-order chi connectivity index (χ1) is 19.2. The average molecular weight is 567 g/mol. The molecule has 0 radical (unpaired) electrons. The van der Waals surface area contributed by atoms with Crippen LogP contribution in [0.1, 0.15) is 29.8 Å². The molecule has 2 aromatic heterocycles. The maximum absolute atomic E-state index is 14.0. The van der Waals surface area contributed by atoms with Crippen molar-refractivity contribution < 1.29 is 23.1 Å². The second-order valence-electron chi connectivity index (χ2n) is 9.17. The van der Waals surface area contributed by atoms with Gasteiger partial charge in [-0.1, -0.05) is 12.1 Å². The van der Waals surface area contributed by atoms with E-state index in [4.69, 9.17) is 4.74 Å². The van der Waals surface area contributed by atoms with E-state index in [1.54, 1.807) is 50.6 Å². The van der Waals surface area contributed by atoms with Crippen LogP contribution < -0.4 is 15.6 Å². The molecule has 1 N–H and O–H groups in total. The lowest BCUT2D eigenvalue weighted by atomic mass is 10.2. The van der Waals surface area contributed by atoms with Gasteiger partial charge in [0.1, 0.15) is 34.7 Å². The number of carbonyl (C=O) groups is 2. The summed E-state index contributed by atoms with van der Waals surface area (Å²) in [6.45, 7) is 0.1000. The molecule has 2 aromatic carbocycles. The third kappa shape index (κ3) is 7.38. The molecule has 11 heteroatoms. The minimum absolute atomic E-state index is 0.0792. The van der Waals surface area contributed by atoms with Crippen LogP contribution in [0, 0.1) is 11.6 Å². The number of nitrogens with zero attached hydrogens (tertiary/aromatic N) is 3. The molecule has 40 heavy (non-hydrogen) atoms. The standard InChI is InChI=1S/C29H28F2N4O4S/c1-34(2)27(37)12-5-3-4-11-25(36)32-23-9-7-15-35(29(23)38)17-26-33-22-8-6-10-24(28(22)40-26)39-18-19-13-14-20(30)16-21(19)31/h5-10,12-16H,3-4,11,17-18H2,1-2H3,(H,32,36)/b12-5+. The van der Waals surface area contributed by atoms with E-state index in [0.717, 1.165) is 10.8 Å². The number of aromatic nitrogens is 2. The summed E-state index contributed by atoms with van der Waals surface area (Å²) in [5.41, 5.74) is 0.687. The maximum Gasteiger partial charge on any atom is 0.274 e. The number of amides is 2. The number of anilines is 1. The Kier molecular flexibility index (Phi) is 9.39. The Morgan fingerprint density at radius 3 is 2.75 bits per heavy atom. The Bertz CT molecular complexity index is 1610. The number of pyridine rings is 1. The van der Waals surface area contributed by atoms with Gasteiger partial charge in [-0.25, -0.2) is 13.8 Å². The molecule has 0 saturated carbocycles. The van der Waals surface area contributed by atoms with E-state index in [9.17, 15) is 23.2 Å². The van der Waals surface area contributed by atoms with E-state index in [-0.39, 0.29) is 48.2 Å². The van der Waals surface area contributed by atoms with E-state index in [1.807, 2.05) is 6.07 Å². The third-order valence-electron chi connectivity index (χ3n) is 5.90. The molecule has 208 valence electrons. The predicted molar refractivity (Wildman–Crippen MR) is 150 cm³/mol. The van der Waals surface area contributed by atoms with E-state index in [1.165, 1.54) is 39.0 Å². The van der Waals surface area contributed by atoms with Gasteiger partial charge in [0.25, 0.3) is 5.56 Å². The van der Waals surface area contributed by atoms with Gasteiger partial charge in [0.15, 0.2) is 0 Å². The quantitative estimate of drug-likeness (QED) is 0.201. The zero-order valence-electron chi connectivity index (χ0n) is 22.0. The summed E-state index contributed by atoms with van der Waals surface area (Å²) in [6.07, 6.45) is 6.11. The number of rotatable bonds is 11. The molecule has 0 aliphatic carbocycles. The van der Waals surface area contributed by atoms with E-state index in [0.29, 0.717) is 29.1 Å². The van der Waals surface area contributed by atoms with Crippen LogP contribution in [0.2, 0.25) is 0 Å². The first kappa shape index (κ1) is 28.6. The topological polar surface area (TPSA) is 93.5 Å². The number of allylic oxidation sites excluding steroid dienone is 1. The van der Waals surface area contributed by atoms with E-state index < -0.39 is 11.6 Å². The fourth-order valence-electron chi connectivity index (χ4n) is 3.77. The van der Waals surface area contributed by atoms with Gasteiger partial charge in [0, 0.05) is 38.3 Å². The van der Waals surface area contributed by atoms with Crippen molar-refractivity contribution in [3.8, 4) is 5.75 Å². The first-order valence-corrected chi connectivity index (χ1v) is 13.3. The number of ether oxygens (including phenoxy) is 1. The fraction of sp³-hybridized carbons (Fsp3) is 0.241. The Morgan fingerprint density at radius 2 is 1.98 bits per heavy atom. The van der Waals surface area contributed by atoms with Crippen molar-refractivity contribution >= 4 is 39.1 Å². The number of hydrogen-bond donors (Lipinski definition) is 1. The van der Waals surface area contributed by atoms with Crippen LogP contribution in [0.4, 0.5) is 14.5 Å². The van der Waals surface area contributed by atoms with Crippen LogP contribution >= 0.6 is 11.3 Å². The third-order valence-corrected chi connectivity index (χ3v) is 6.97. The van der Waals surface area contributed by atoms with Crippen molar-refractivity contribution in [2.45, 2.75) is 32.4 Å². The summed E-state index contributed by atoms with van der Waals surface area (Å²) in [5, 5.41) is 3.31. The molecular weight excluding hydrogens is 538 g/mol. The number of hydrogen-bond acceptors (Lipinski definition) is 6. The molecule has 0 unspecified atom stereocenters. The van der Waals surface area contributed by atoms with Gasteiger partial charge >= 0.3 is 0 Å². The lowest BCUT2D eigenvalue weighted by Gasteiger charge is -2.08. The summed E-state index contributed by atoms with van der Waals surface area (Å²) >= 11 is 1.34. The van der Waals surface area contributed by atoms with Gasteiger partial charge in [-0.05, 0) is 55.3 Å². The maximum atomic E-state index is 14.0. The summed E-state index contributed by atoms with van der Waals surface area (Å²) in [7, 11) is 3.33. The van der Waals surface area contributed by atoms with Crippen LogP contribution in [0.25, 0.3) is 10.2 Å². The molecule has 0 aliphatic heterocycles. The molecule has 0 fully saturated rings. The highest BCUT2D eigenvalue weighted by Gasteiger charge is 2.13. The lowest BCUT2D eigenvalue weighted by molar-refractivity contribution is -0.123. The summed E-state index contributed by atoms with van der Waals surface area (Å²) < 4.78 is 35.2. The average Bonchev–Trinajstić information content (AvgIpc) is 3.33. The summed E-state index contributed by atoms with van der Waals surface area (Å²) in [4.78, 5) is 43.0. The lowest BCUT2D eigenvalue weighted by Crippen LogP contribution is -2.25. The van der Waals surface area contributed by atoms with Gasteiger partial charge in [-0.3, -0.25) is 14.4 Å². The van der Waals surface area contributed by atoms with Crippen molar-refractivity contribution in [2.24, 2.45) is 0 Å². The second-order valence-corrected chi connectivity index (χ2v) is 10.3. The molecule has 4 rings (SSSR count). The number of halogens is 2. The molecule has 0 saturated heterocycles. The SMILES string of the molecule is CN(C)C(=O)/C=C/CCCC(=O)Nc1cccn(Cc2nc3cccc(OCc4ccc(F)cc4F)c3s2)c1=O. The normalized spacial score (nSPS) is 11.2. The number of unbranched alkanes of at least 4 members (excludes halogenated alkanes) is 1. The Labute approximate surface area is 233 Å². The van der Waals surface area contributed by atoms with E-state index >= 15 is 0 Å². The molecule has 2 amide bonds. The fourth-order valence-corrected chi connectivity index (χ4v) is 4.80. The van der Waals surface area contributed by atoms with Crippen molar-refractivity contribution in [3.63, 3.8) is 0 Å². The minimum atomic E-state index is -0.683. The van der Waals surface area contributed by atoms with Gasteiger partial charge in [-0.15, -0.1) is 11.3 Å². The largest absolute Gasteiger partial charge is 0.487 e. The predicted octanol–water partition coefficient (Wildman–Crippen LogP) is 5.12. The number of fused-ring (bicyclic) bond motifs is 1. The molecule has 4 aromatic rings. The highest BCUT2D eigenvalue weighted by molar-refractivity contribution is 7.19. The molecule has 2 heterocycles. The zero-order chi connectivity index (χ0) is 28.6. The number of carbonyl (C=O) groups excluding carboxylic acids is 2. The molecule has 0 spiro atoms. The van der Waals surface area contributed by atoms with Crippen molar-refractivity contribution in [2.75, 3.05) is 19.4 Å². The van der Waals surface area contributed by atoms with Crippen LogP contribution in [-0.2, 0) is 22.7 Å². The smallest absolute Gasteiger partial charge is 0.274 e. The van der Waals surface area contributed by atoms with Gasteiger partial charge in [0.2, 0.25) is 11.8 Å². The summed E-state index contributed by atoms with van der Waals surface area (Å²) in [6, 6.07) is 11.9. The van der Waals surface area contributed by atoms with Gasteiger partial charge < -0.3 is 19.5 Å². The van der Waals surface area contributed by atoms with Crippen LogP contribution in [0.5, 0.6) is 5.75 Å². The number of benzene rings is 2. The van der Waals surface area contributed by atoms with Crippen LogP contribution in [0.15, 0.2) is 71.7 Å². The van der Waals surface area contributed by atoms with Crippen LogP contribution in [0.3, 0.4) is 0 Å². The molecule has 8 nitrogen and oxygen atoms in total. The first-order valence-electron chi connectivity index (χ1n) is 12.5. The molecule has 0 bridgehead atoms. The van der Waals surface area contributed by atoms with Gasteiger partial charge in [-0.2, -0.15) is 0 Å². The Morgan fingerprint density at radius 1 is 1.15 bits per heavy atom. The highest BCUT2D eigenvalue weighted by atomic mass is 32.1. The second kappa shape index (κ2) is 13.1. The van der Waals surface area contributed by atoms with Gasteiger partial charge in [0.05, 0.1) is 16.8 Å². The zero-order valence-corrected chi connectivity index (χ0v) is 22.8. The van der Waals surface area contributed by atoms with E-state index in [2.05, 4.69) is 10.3 Å². The molecular formula is C29H28F2N4O4S. The van der Waals surface area contributed by atoms with Crippen molar-refractivity contribution in [1.29, 1.82) is 0 Å². The molecule has 0 aliphatic rings. The number of likely N-dealkylation sites (N-methyl/N-ethyl adjacent to an activating group) is 1. The molecule has 0 atom stereocenters. The highest BCUT2D eigenvalue weighted by Crippen LogP contribution is 2.32. The number of thiazole rings is 1. The minimum Gasteiger partial charge on any atom is -0.487 e. The van der Waals surface area contributed by atoms with Crippen molar-refractivity contribution in [1.82, 2.24) is 14.5 Å². The monoisotopic (exact) mass is 566 g/mol.